The summed E-state index contributed by atoms with van der Waals surface area (Å²) in [7, 11) is 0. The van der Waals surface area contributed by atoms with Crippen molar-refractivity contribution in [2.24, 2.45) is 0 Å². The van der Waals surface area contributed by atoms with Crippen molar-refractivity contribution < 1.29 is 13.9 Å². The molecule has 9 nitrogen and oxygen atoms in total. The second kappa shape index (κ2) is 7.29. The molecule has 1 N–H and O–H groups in total. The van der Waals surface area contributed by atoms with E-state index >= 15 is 0 Å². The number of aromatic nitrogens is 4. The highest BCUT2D eigenvalue weighted by atomic mass is 16.5. The van der Waals surface area contributed by atoms with Gasteiger partial charge in [-0.1, -0.05) is 0 Å². The van der Waals surface area contributed by atoms with Crippen molar-refractivity contribution >= 4 is 5.91 Å². The minimum absolute atomic E-state index is 0.136. The summed E-state index contributed by atoms with van der Waals surface area (Å²) in [4.78, 5) is 22.5. The molecule has 1 aliphatic heterocycles. The molecule has 1 saturated heterocycles. The molecule has 3 aromatic rings. The molecular formula is C18H16N6O3. The Hall–Kier alpha value is -3.67. The SMILES string of the molecule is N#Cc1nccnc1OC1CCCN(C(=O)c2cc(-c3ccco3)[nH]n2)C1. The van der Waals surface area contributed by atoms with Gasteiger partial charge in [0.2, 0.25) is 5.69 Å². The summed E-state index contributed by atoms with van der Waals surface area (Å²) in [5.74, 6) is 0.629. The van der Waals surface area contributed by atoms with E-state index in [1.807, 2.05) is 6.07 Å². The first-order valence-electron chi connectivity index (χ1n) is 8.51. The van der Waals surface area contributed by atoms with Crippen LogP contribution in [0, 0.1) is 11.3 Å². The van der Waals surface area contributed by atoms with Gasteiger partial charge < -0.3 is 14.1 Å². The smallest absolute Gasteiger partial charge is 0.274 e. The number of aromatic amines is 1. The number of rotatable bonds is 4. The third kappa shape index (κ3) is 3.50. The number of furan rings is 1. The molecule has 0 saturated carbocycles. The van der Waals surface area contributed by atoms with Crippen molar-refractivity contribution in [3.63, 3.8) is 0 Å². The molecule has 9 heteroatoms. The number of nitriles is 1. The van der Waals surface area contributed by atoms with Crippen LogP contribution in [0.15, 0.2) is 41.3 Å². The summed E-state index contributed by atoms with van der Waals surface area (Å²) in [5.41, 5.74) is 1.10. The van der Waals surface area contributed by atoms with Gasteiger partial charge in [0.25, 0.3) is 11.8 Å². The number of amides is 1. The maximum absolute atomic E-state index is 12.8. The zero-order valence-electron chi connectivity index (χ0n) is 14.3. The van der Waals surface area contributed by atoms with Crippen molar-refractivity contribution in [2.45, 2.75) is 18.9 Å². The van der Waals surface area contributed by atoms with Crippen LogP contribution >= 0.6 is 0 Å². The molecular weight excluding hydrogens is 348 g/mol. The van der Waals surface area contributed by atoms with E-state index in [-0.39, 0.29) is 23.6 Å². The van der Waals surface area contributed by atoms with Crippen LogP contribution in [0.1, 0.15) is 29.0 Å². The summed E-state index contributed by atoms with van der Waals surface area (Å²) in [5, 5.41) is 16.0. The average molecular weight is 364 g/mol. The van der Waals surface area contributed by atoms with E-state index in [4.69, 9.17) is 14.4 Å². The number of hydrogen-bond acceptors (Lipinski definition) is 7. The number of H-pyrrole nitrogens is 1. The molecule has 4 heterocycles. The number of likely N-dealkylation sites (tertiary alicyclic amines) is 1. The van der Waals surface area contributed by atoms with Crippen LogP contribution in [0.4, 0.5) is 0 Å². The van der Waals surface area contributed by atoms with Gasteiger partial charge in [0, 0.05) is 25.0 Å². The first-order chi connectivity index (χ1) is 13.2. The van der Waals surface area contributed by atoms with Crippen LogP contribution in [0.25, 0.3) is 11.5 Å². The summed E-state index contributed by atoms with van der Waals surface area (Å²) < 4.78 is 11.1. The van der Waals surface area contributed by atoms with Crippen molar-refractivity contribution in [1.29, 1.82) is 5.26 Å². The van der Waals surface area contributed by atoms with Crippen molar-refractivity contribution in [3.05, 3.63) is 48.2 Å². The van der Waals surface area contributed by atoms with Gasteiger partial charge in [-0.25, -0.2) is 9.97 Å². The number of ether oxygens (including phenoxy) is 1. The number of nitrogens with one attached hydrogen (secondary N) is 1. The van der Waals surface area contributed by atoms with Gasteiger partial charge in [0.1, 0.15) is 17.9 Å². The zero-order chi connectivity index (χ0) is 18.6. The predicted octanol–water partition coefficient (Wildman–Crippen LogP) is 2.01. The molecule has 27 heavy (non-hydrogen) atoms. The molecule has 1 amide bonds. The highest BCUT2D eigenvalue weighted by molar-refractivity contribution is 5.93. The predicted molar refractivity (Wildman–Crippen MR) is 92.6 cm³/mol. The monoisotopic (exact) mass is 364 g/mol. The van der Waals surface area contributed by atoms with Crippen molar-refractivity contribution in [1.82, 2.24) is 25.1 Å². The lowest BCUT2D eigenvalue weighted by atomic mass is 10.1. The molecule has 0 radical (unpaired) electrons. The van der Waals surface area contributed by atoms with Gasteiger partial charge in [-0.05, 0) is 25.0 Å². The maximum Gasteiger partial charge on any atom is 0.274 e. The third-order valence-corrected chi connectivity index (χ3v) is 4.30. The van der Waals surface area contributed by atoms with Crippen LogP contribution in [0.3, 0.4) is 0 Å². The average Bonchev–Trinajstić information content (AvgIpc) is 3.40. The van der Waals surface area contributed by atoms with E-state index in [0.29, 0.717) is 30.2 Å². The van der Waals surface area contributed by atoms with E-state index in [1.165, 1.54) is 12.4 Å². The van der Waals surface area contributed by atoms with Crippen LogP contribution < -0.4 is 4.74 Å². The van der Waals surface area contributed by atoms with Gasteiger partial charge in [0.05, 0.1) is 12.8 Å². The molecule has 1 atom stereocenters. The van der Waals surface area contributed by atoms with Gasteiger partial charge in [-0.2, -0.15) is 10.4 Å². The maximum atomic E-state index is 12.8. The minimum Gasteiger partial charge on any atom is -0.470 e. The van der Waals surface area contributed by atoms with E-state index in [1.54, 1.807) is 29.4 Å². The second-order valence-electron chi connectivity index (χ2n) is 6.10. The lowest BCUT2D eigenvalue weighted by molar-refractivity contribution is 0.0521. The fourth-order valence-corrected chi connectivity index (χ4v) is 3.02. The van der Waals surface area contributed by atoms with Crippen molar-refractivity contribution in [2.75, 3.05) is 13.1 Å². The Morgan fingerprint density at radius 3 is 3.11 bits per heavy atom. The summed E-state index contributed by atoms with van der Waals surface area (Å²) in [6.45, 7) is 1.01. The Morgan fingerprint density at radius 1 is 1.41 bits per heavy atom. The van der Waals surface area contributed by atoms with Crippen LogP contribution in [0.2, 0.25) is 0 Å². The minimum atomic E-state index is -0.255. The Labute approximate surface area is 154 Å². The molecule has 0 aliphatic carbocycles. The normalized spacial score (nSPS) is 16.7. The molecule has 0 spiro atoms. The van der Waals surface area contributed by atoms with Gasteiger partial charge in [-0.3, -0.25) is 9.89 Å². The van der Waals surface area contributed by atoms with E-state index in [0.717, 1.165) is 12.8 Å². The van der Waals surface area contributed by atoms with Crippen LogP contribution in [-0.4, -0.2) is 50.2 Å². The van der Waals surface area contributed by atoms with E-state index in [2.05, 4.69) is 20.2 Å². The highest BCUT2D eigenvalue weighted by Gasteiger charge is 2.28. The Balaban J connectivity index is 1.45. The lowest BCUT2D eigenvalue weighted by Gasteiger charge is -2.32. The second-order valence-corrected chi connectivity index (χ2v) is 6.10. The summed E-state index contributed by atoms with van der Waals surface area (Å²) in [6, 6.07) is 7.19. The molecule has 1 unspecified atom stereocenters. The van der Waals surface area contributed by atoms with Crippen molar-refractivity contribution in [3.8, 4) is 23.4 Å². The van der Waals surface area contributed by atoms with Crippen LogP contribution in [0.5, 0.6) is 5.88 Å². The topological polar surface area (TPSA) is 121 Å². The molecule has 1 fully saturated rings. The lowest BCUT2D eigenvalue weighted by Crippen LogP contribution is -2.44. The molecule has 136 valence electrons. The highest BCUT2D eigenvalue weighted by Crippen LogP contribution is 2.22. The first kappa shape index (κ1) is 16.8. The number of carbonyl (C=O) groups is 1. The Kier molecular flexibility index (Phi) is 4.53. The van der Waals surface area contributed by atoms with Gasteiger partial charge in [0.15, 0.2) is 11.5 Å². The number of carbonyl (C=O) groups excluding carboxylic acids is 1. The van der Waals surface area contributed by atoms with Gasteiger partial charge in [-0.15, -0.1) is 0 Å². The number of piperidine rings is 1. The fourth-order valence-electron chi connectivity index (χ4n) is 3.02. The summed E-state index contributed by atoms with van der Waals surface area (Å²) in [6.07, 6.45) is 5.77. The summed E-state index contributed by atoms with van der Waals surface area (Å²) >= 11 is 0. The third-order valence-electron chi connectivity index (χ3n) is 4.30. The van der Waals surface area contributed by atoms with Crippen LogP contribution in [-0.2, 0) is 0 Å². The quantitative estimate of drug-likeness (QED) is 0.751. The Morgan fingerprint density at radius 2 is 2.30 bits per heavy atom. The number of nitrogens with zero attached hydrogens (tertiary/aromatic N) is 5. The first-order valence-corrected chi connectivity index (χ1v) is 8.51. The molecule has 0 bridgehead atoms. The van der Waals surface area contributed by atoms with E-state index in [9.17, 15) is 4.79 Å². The molecule has 0 aromatic carbocycles. The van der Waals surface area contributed by atoms with Gasteiger partial charge >= 0.3 is 0 Å². The number of hydrogen-bond donors (Lipinski definition) is 1. The standard InChI is InChI=1S/C18H16N6O3/c19-10-15-17(21-6-5-20-15)27-12-3-1-7-24(11-12)18(25)14-9-13(22-23-14)16-4-2-8-26-16/h2,4-6,8-9,12H,1,3,7,11H2,(H,22,23). The fraction of sp³-hybridized carbons (Fsp3) is 0.278. The largest absolute Gasteiger partial charge is 0.470 e. The zero-order valence-corrected chi connectivity index (χ0v) is 14.3. The molecule has 1 aliphatic rings. The molecule has 4 rings (SSSR count). The molecule has 3 aromatic heterocycles. The van der Waals surface area contributed by atoms with E-state index < -0.39 is 0 Å². The Bertz CT molecular complexity index is 975.